The second-order valence-electron chi connectivity index (χ2n) is 4.31. The average Bonchev–Trinajstić information content (AvgIpc) is 2.43. The van der Waals surface area contributed by atoms with Crippen LogP contribution in [0, 0.1) is 5.82 Å². The van der Waals surface area contributed by atoms with Gasteiger partial charge in [-0.1, -0.05) is 12.1 Å². The molecular formula is C15H16FNOS. The minimum Gasteiger partial charge on any atom is -0.505 e. The van der Waals surface area contributed by atoms with E-state index in [1.807, 2.05) is 13.2 Å². The molecule has 0 fully saturated rings. The third-order valence-corrected chi connectivity index (χ3v) is 3.69. The Morgan fingerprint density at radius 1 is 1.16 bits per heavy atom. The number of nitrogens with one attached hydrogen (secondary N) is 1. The van der Waals surface area contributed by atoms with E-state index < -0.39 is 5.82 Å². The summed E-state index contributed by atoms with van der Waals surface area (Å²) in [6.45, 7) is 2.01. The van der Waals surface area contributed by atoms with Crippen LogP contribution in [0.3, 0.4) is 0 Å². The molecule has 1 unspecified atom stereocenters. The molecule has 0 saturated carbocycles. The number of phenols is 1. The van der Waals surface area contributed by atoms with Crippen LogP contribution in [0.1, 0.15) is 18.5 Å². The Morgan fingerprint density at radius 3 is 2.42 bits per heavy atom. The molecule has 0 heterocycles. The van der Waals surface area contributed by atoms with E-state index in [4.69, 9.17) is 5.11 Å². The van der Waals surface area contributed by atoms with Crippen LogP contribution in [-0.2, 0) is 0 Å². The topological polar surface area (TPSA) is 32.3 Å². The molecule has 0 aliphatic heterocycles. The summed E-state index contributed by atoms with van der Waals surface area (Å²) >= 11 is 1.70. The van der Waals surface area contributed by atoms with Crippen LogP contribution in [0.4, 0.5) is 10.1 Å². The van der Waals surface area contributed by atoms with E-state index in [2.05, 4.69) is 29.6 Å². The summed E-state index contributed by atoms with van der Waals surface area (Å²) in [5, 5.41) is 12.4. The normalized spacial score (nSPS) is 12.2. The molecule has 2 aromatic rings. The van der Waals surface area contributed by atoms with E-state index in [-0.39, 0.29) is 11.8 Å². The highest BCUT2D eigenvalue weighted by molar-refractivity contribution is 7.98. The summed E-state index contributed by atoms with van der Waals surface area (Å²) in [5.74, 6) is -0.947. The van der Waals surface area contributed by atoms with Gasteiger partial charge in [-0.2, -0.15) is 0 Å². The molecule has 19 heavy (non-hydrogen) atoms. The van der Waals surface area contributed by atoms with Crippen LogP contribution in [0.5, 0.6) is 5.75 Å². The third-order valence-electron chi connectivity index (χ3n) is 2.95. The molecule has 0 saturated heterocycles. The van der Waals surface area contributed by atoms with Gasteiger partial charge in [-0.05, 0) is 43.0 Å². The first-order chi connectivity index (χ1) is 9.10. The van der Waals surface area contributed by atoms with Crippen LogP contribution in [0.2, 0.25) is 0 Å². The van der Waals surface area contributed by atoms with Crippen molar-refractivity contribution in [2.24, 2.45) is 0 Å². The number of rotatable bonds is 4. The lowest BCUT2D eigenvalue weighted by molar-refractivity contribution is 0.432. The van der Waals surface area contributed by atoms with Crippen molar-refractivity contribution in [2.45, 2.75) is 17.9 Å². The Balaban J connectivity index is 2.10. The maximum absolute atomic E-state index is 13.2. The molecular weight excluding hydrogens is 261 g/mol. The van der Waals surface area contributed by atoms with E-state index in [0.29, 0.717) is 5.69 Å². The van der Waals surface area contributed by atoms with E-state index in [1.165, 1.54) is 17.0 Å². The van der Waals surface area contributed by atoms with E-state index in [1.54, 1.807) is 17.8 Å². The van der Waals surface area contributed by atoms with Gasteiger partial charge in [0.1, 0.15) is 0 Å². The summed E-state index contributed by atoms with van der Waals surface area (Å²) < 4.78 is 13.2. The van der Waals surface area contributed by atoms with Crippen molar-refractivity contribution >= 4 is 17.4 Å². The van der Waals surface area contributed by atoms with Crippen molar-refractivity contribution in [2.75, 3.05) is 11.6 Å². The van der Waals surface area contributed by atoms with Gasteiger partial charge in [0.15, 0.2) is 11.6 Å². The monoisotopic (exact) mass is 277 g/mol. The third kappa shape index (κ3) is 3.41. The van der Waals surface area contributed by atoms with Crippen molar-refractivity contribution in [3.05, 3.63) is 53.8 Å². The molecule has 0 spiro atoms. The zero-order valence-electron chi connectivity index (χ0n) is 10.9. The number of hydrogen-bond acceptors (Lipinski definition) is 3. The van der Waals surface area contributed by atoms with Gasteiger partial charge in [0, 0.05) is 22.7 Å². The maximum Gasteiger partial charge on any atom is 0.166 e. The smallest absolute Gasteiger partial charge is 0.166 e. The van der Waals surface area contributed by atoms with Gasteiger partial charge >= 0.3 is 0 Å². The fourth-order valence-corrected chi connectivity index (χ4v) is 2.23. The summed E-state index contributed by atoms with van der Waals surface area (Å²) in [6, 6.07) is 12.6. The summed E-state index contributed by atoms with van der Waals surface area (Å²) in [6.07, 6.45) is 2.04. The molecule has 0 radical (unpaired) electrons. The summed E-state index contributed by atoms with van der Waals surface area (Å²) in [5.41, 5.74) is 1.78. The van der Waals surface area contributed by atoms with Gasteiger partial charge in [0.05, 0.1) is 0 Å². The molecule has 2 aromatic carbocycles. The van der Waals surface area contributed by atoms with Gasteiger partial charge in [-0.25, -0.2) is 4.39 Å². The molecule has 0 aliphatic carbocycles. The Hall–Kier alpha value is -1.68. The first-order valence-electron chi connectivity index (χ1n) is 5.99. The van der Waals surface area contributed by atoms with Crippen molar-refractivity contribution < 1.29 is 9.50 Å². The Bertz CT molecular complexity index is 557. The average molecular weight is 277 g/mol. The predicted octanol–water partition coefficient (Wildman–Crippen LogP) is 4.43. The minimum absolute atomic E-state index is 0.0693. The first kappa shape index (κ1) is 13.7. The molecule has 0 amide bonds. The van der Waals surface area contributed by atoms with Crippen molar-refractivity contribution in [1.82, 2.24) is 0 Å². The predicted molar refractivity (Wildman–Crippen MR) is 78.3 cm³/mol. The number of thioether (sulfide) groups is 1. The van der Waals surface area contributed by atoms with Crippen LogP contribution in [0.25, 0.3) is 0 Å². The first-order valence-corrected chi connectivity index (χ1v) is 7.21. The molecule has 0 bridgehead atoms. The SMILES string of the molecule is CSc1ccc(C(C)Nc2ccc(O)c(F)c2)cc1. The van der Waals surface area contributed by atoms with Gasteiger partial charge in [0.25, 0.3) is 0 Å². The standard InChI is InChI=1S/C15H16FNOS/c1-10(11-3-6-13(19-2)7-4-11)17-12-5-8-15(18)14(16)9-12/h3-10,17-18H,1-2H3. The molecule has 100 valence electrons. The molecule has 2 N–H and O–H groups in total. The van der Waals surface area contributed by atoms with E-state index in [9.17, 15) is 4.39 Å². The minimum atomic E-state index is -0.616. The quantitative estimate of drug-likeness (QED) is 0.640. The number of phenolic OH excluding ortho intramolecular Hbond substituents is 1. The van der Waals surface area contributed by atoms with Crippen LogP contribution in [0.15, 0.2) is 47.4 Å². The molecule has 0 aromatic heterocycles. The molecule has 2 nitrogen and oxygen atoms in total. The lowest BCUT2D eigenvalue weighted by Crippen LogP contribution is -2.06. The Labute approximate surface area is 116 Å². The highest BCUT2D eigenvalue weighted by Crippen LogP contribution is 2.25. The van der Waals surface area contributed by atoms with Crippen molar-refractivity contribution in [1.29, 1.82) is 0 Å². The number of hydrogen-bond donors (Lipinski definition) is 2. The largest absolute Gasteiger partial charge is 0.505 e. The fourth-order valence-electron chi connectivity index (χ4n) is 1.82. The van der Waals surface area contributed by atoms with Crippen molar-refractivity contribution in [3.63, 3.8) is 0 Å². The zero-order valence-corrected chi connectivity index (χ0v) is 11.7. The summed E-state index contributed by atoms with van der Waals surface area (Å²) in [4.78, 5) is 1.21. The lowest BCUT2D eigenvalue weighted by atomic mass is 10.1. The number of aromatic hydroxyl groups is 1. The Morgan fingerprint density at radius 2 is 1.84 bits per heavy atom. The Kier molecular flexibility index (Phi) is 4.32. The van der Waals surface area contributed by atoms with Gasteiger partial charge in [-0.15, -0.1) is 11.8 Å². The molecule has 0 aliphatic rings. The lowest BCUT2D eigenvalue weighted by Gasteiger charge is -2.16. The van der Waals surface area contributed by atoms with Gasteiger partial charge < -0.3 is 10.4 Å². The highest BCUT2D eigenvalue weighted by atomic mass is 32.2. The highest BCUT2D eigenvalue weighted by Gasteiger charge is 2.07. The molecule has 1 atom stereocenters. The van der Waals surface area contributed by atoms with E-state index in [0.717, 1.165) is 5.56 Å². The summed E-state index contributed by atoms with van der Waals surface area (Å²) in [7, 11) is 0. The van der Waals surface area contributed by atoms with Crippen LogP contribution < -0.4 is 5.32 Å². The van der Waals surface area contributed by atoms with Gasteiger partial charge in [-0.3, -0.25) is 0 Å². The molecule has 4 heteroatoms. The second-order valence-corrected chi connectivity index (χ2v) is 5.19. The number of anilines is 1. The fraction of sp³-hybridized carbons (Fsp3) is 0.200. The van der Waals surface area contributed by atoms with Crippen LogP contribution in [-0.4, -0.2) is 11.4 Å². The second kappa shape index (κ2) is 5.97. The van der Waals surface area contributed by atoms with Gasteiger partial charge in [0.2, 0.25) is 0 Å². The maximum atomic E-state index is 13.2. The van der Waals surface area contributed by atoms with Crippen molar-refractivity contribution in [3.8, 4) is 5.75 Å². The number of benzene rings is 2. The van der Waals surface area contributed by atoms with E-state index >= 15 is 0 Å². The number of halogens is 1. The van der Waals surface area contributed by atoms with Crippen LogP contribution >= 0.6 is 11.8 Å². The molecule has 2 rings (SSSR count). The zero-order chi connectivity index (χ0) is 13.8.